The Morgan fingerprint density at radius 2 is 2.09 bits per heavy atom. The van der Waals surface area contributed by atoms with Gasteiger partial charge in [0.05, 0.1) is 0 Å². The van der Waals surface area contributed by atoms with Gasteiger partial charge < -0.3 is 10.4 Å². The van der Waals surface area contributed by atoms with E-state index in [0.717, 1.165) is 0 Å². The number of hydrogen-bond acceptors (Lipinski definition) is 2. The van der Waals surface area contributed by atoms with Crippen molar-refractivity contribution in [1.29, 1.82) is 0 Å². The van der Waals surface area contributed by atoms with Gasteiger partial charge >= 0.3 is 5.97 Å². The van der Waals surface area contributed by atoms with Gasteiger partial charge in [-0.1, -0.05) is 12.2 Å². The molecule has 0 saturated heterocycles. The van der Waals surface area contributed by atoms with Crippen LogP contribution in [0.2, 0.25) is 0 Å². The lowest BCUT2D eigenvalue weighted by Gasteiger charge is -1.96. The maximum atomic E-state index is 10.3. The van der Waals surface area contributed by atoms with E-state index in [2.05, 4.69) is 5.32 Å². The van der Waals surface area contributed by atoms with Crippen LogP contribution < -0.4 is 5.32 Å². The van der Waals surface area contributed by atoms with Crippen molar-refractivity contribution in [3.05, 3.63) is 36.2 Å². The van der Waals surface area contributed by atoms with Gasteiger partial charge in [0, 0.05) is 6.20 Å². The molecule has 0 atom stereocenters. The van der Waals surface area contributed by atoms with E-state index in [1.807, 2.05) is 0 Å². The second-order valence-electron chi connectivity index (χ2n) is 1.77. The van der Waals surface area contributed by atoms with E-state index >= 15 is 0 Å². The molecule has 0 saturated carbocycles. The first-order chi connectivity index (χ1) is 4.80. The number of carboxylic acid groups (broad SMARTS) is 1. The Morgan fingerprint density at radius 1 is 1.36 bits per heavy atom. The standard InChI is InChI=1S/C7H7NO2.H2S/c9-7(10)6-4-2-1-3-5-8-6;/h1-5,8H,(H,9,10);1H2. The van der Waals surface area contributed by atoms with Crippen LogP contribution in [0, 0.1) is 0 Å². The van der Waals surface area contributed by atoms with E-state index in [9.17, 15) is 4.79 Å². The first kappa shape index (κ1) is 9.84. The fourth-order valence-electron chi connectivity index (χ4n) is 0.591. The third-order valence-corrected chi connectivity index (χ3v) is 1.05. The molecule has 0 aromatic heterocycles. The lowest BCUT2D eigenvalue weighted by Crippen LogP contribution is -2.13. The molecule has 1 heterocycles. The average Bonchev–Trinajstić information content (AvgIpc) is 2.12. The van der Waals surface area contributed by atoms with E-state index in [4.69, 9.17) is 5.11 Å². The zero-order valence-electron chi connectivity index (χ0n) is 5.74. The van der Waals surface area contributed by atoms with Crippen molar-refractivity contribution in [3.63, 3.8) is 0 Å². The molecule has 0 aromatic carbocycles. The van der Waals surface area contributed by atoms with E-state index in [1.165, 1.54) is 6.08 Å². The molecule has 3 nitrogen and oxygen atoms in total. The molecule has 0 amide bonds. The second-order valence-corrected chi connectivity index (χ2v) is 1.77. The molecule has 0 spiro atoms. The van der Waals surface area contributed by atoms with Crippen molar-refractivity contribution in [2.24, 2.45) is 0 Å². The molecule has 1 aliphatic heterocycles. The molecule has 0 aliphatic carbocycles. The van der Waals surface area contributed by atoms with Gasteiger partial charge in [-0.25, -0.2) is 4.79 Å². The molecule has 0 unspecified atom stereocenters. The number of hydrogen-bond donors (Lipinski definition) is 2. The number of aliphatic carboxylic acids is 1. The normalized spacial score (nSPS) is 14.0. The summed E-state index contributed by atoms with van der Waals surface area (Å²) in [6.07, 6.45) is 8.22. The summed E-state index contributed by atoms with van der Waals surface area (Å²) >= 11 is 0. The highest BCUT2D eigenvalue weighted by Crippen LogP contribution is 1.94. The first-order valence-corrected chi connectivity index (χ1v) is 2.84. The van der Waals surface area contributed by atoms with Crippen molar-refractivity contribution in [3.8, 4) is 0 Å². The summed E-state index contributed by atoms with van der Waals surface area (Å²) in [4.78, 5) is 10.3. The molecule has 60 valence electrons. The van der Waals surface area contributed by atoms with Gasteiger partial charge in [0.1, 0.15) is 5.70 Å². The predicted molar refractivity (Wildman–Crippen MR) is 47.5 cm³/mol. The van der Waals surface area contributed by atoms with Gasteiger partial charge in [0.15, 0.2) is 0 Å². The Kier molecular flexibility index (Phi) is 4.14. The molecule has 0 aromatic rings. The summed E-state index contributed by atoms with van der Waals surface area (Å²) in [7, 11) is 0. The number of allylic oxidation sites excluding steroid dienone is 4. The summed E-state index contributed by atoms with van der Waals surface area (Å²) in [5.41, 5.74) is 0.185. The van der Waals surface area contributed by atoms with Crippen LogP contribution in [0.1, 0.15) is 0 Å². The SMILES string of the molecule is O=C(O)C1=CC=CC=CN1.S. The third kappa shape index (κ3) is 2.95. The highest BCUT2D eigenvalue weighted by atomic mass is 32.1. The lowest BCUT2D eigenvalue weighted by molar-refractivity contribution is -0.132. The minimum atomic E-state index is -0.948. The Bertz CT molecular complexity index is 231. The zero-order valence-corrected chi connectivity index (χ0v) is 6.74. The summed E-state index contributed by atoms with van der Waals surface area (Å²) in [5, 5.41) is 11.1. The smallest absolute Gasteiger partial charge is 0.352 e. The van der Waals surface area contributed by atoms with Crippen molar-refractivity contribution in [1.82, 2.24) is 5.32 Å². The largest absolute Gasteiger partial charge is 0.477 e. The van der Waals surface area contributed by atoms with E-state index in [1.54, 1.807) is 24.4 Å². The average molecular weight is 171 g/mol. The third-order valence-electron chi connectivity index (χ3n) is 1.05. The molecule has 0 radical (unpaired) electrons. The van der Waals surface area contributed by atoms with Crippen molar-refractivity contribution < 1.29 is 9.90 Å². The number of carboxylic acids is 1. The molecule has 2 N–H and O–H groups in total. The summed E-state index contributed by atoms with van der Waals surface area (Å²) in [6, 6.07) is 0. The van der Waals surface area contributed by atoms with Gasteiger partial charge in [-0.2, -0.15) is 13.5 Å². The van der Waals surface area contributed by atoms with Gasteiger partial charge in [0.25, 0.3) is 0 Å². The Labute approximate surface area is 71.6 Å². The van der Waals surface area contributed by atoms with Gasteiger partial charge in [-0.3, -0.25) is 0 Å². The van der Waals surface area contributed by atoms with Crippen LogP contribution in [0.5, 0.6) is 0 Å². The van der Waals surface area contributed by atoms with Crippen LogP contribution in [0.25, 0.3) is 0 Å². The highest BCUT2D eigenvalue weighted by Gasteiger charge is 2.02. The monoisotopic (exact) mass is 171 g/mol. The lowest BCUT2D eigenvalue weighted by atomic mass is 10.4. The topological polar surface area (TPSA) is 49.3 Å². The predicted octanol–water partition coefficient (Wildman–Crippen LogP) is 0.741. The minimum absolute atomic E-state index is 0. The van der Waals surface area contributed by atoms with Crippen molar-refractivity contribution in [2.45, 2.75) is 0 Å². The molecule has 4 heteroatoms. The summed E-state index contributed by atoms with van der Waals surface area (Å²) in [6.45, 7) is 0. The van der Waals surface area contributed by atoms with Crippen LogP contribution in [-0.4, -0.2) is 11.1 Å². The number of nitrogens with one attached hydrogen (secondary N) is 1. The van der Waals surface area contributed by atoms with E-state index in [-0.39, 0.29) is 19.2 Å². The number of rotatable bonds is 1. The zero-order chi connectivity index (χ0) is 7.40. The quantitative estimate of drug-likeness (QED) is 0.611. The Balaban J connectivity index is 0.000001000. The van der Waals surface area contributed by atoms with Gasteiger partial charge in [-0.15, -0.1) is 0 Å². The van der Waals surface area contributed by atoms with Crippen LogP contribution >= 0.6 is 13.5 Å². The maximum absolute atomic E-state index is 10.3. The second kappa shape index (κ2) is 4.62. The fraction of sp³-hybridized carbons (Fsp3) is 0. The van der Waals surface area contributed by atoms with E-state index in [0.29, 0.717) is 0 Å². The Morgan fingerprint density at radius 3 is 2.73 bits per heavy atom. The number of carbonyl (C=O) groups is 1. The molecule has 0 fully saturated rings. The Hall–Kier alpha value is -1.16. The maximum Gasteiger partial charge on any atom is 0.352 e. The minimum Gasteiger partial charge on any atom is -0.477 e. The van der Waals surface area contributed by atoms with Crippen molar-refractivity contribution >= 4 is 19.5 Å². The van der Waals surface area contributed by atoms with Crippen LogP contribution in [0.15, 0.2) is 36.2 Å². The van der Waals surface area contributed by atoms with Gasteiger partial charge in [0.2, 0.25) is 0 Å². The molecule has 11 heavy (non-hydrogen) atoms. The molecular weight excluding hydrogens is 162 g/mol. The fourth-order valence-corrected chi connectivity index (χ4v) is 0.591. The van der Waals surface area contributed by atoms with Crippen LogP contribution in [0.3, 0.4) is 0 Å². The first-order valence-electron chi connectivity index (χ1n) is 2.84. The van der Waals surface area contributed by atoms with E-state index < -0.39 is 5.97 Å². The van der Waals surface area contributed by atoms with Gasteiger partial charge in [-0.05, 0) is 12.2 Å². The molecular formula is C7H9NO2S. The van der Waals surface area contributed by atoms with Crippen molar-refractivity contribution in [2.75, 3.05) is 0 Å². The molecule has 0 bridgehead atoms. The molecule has 1 rings (SSSR count). The highest BCUT2D eigenvalue weighted by molar-refractivity contribution is 7.59. The summed E-state index contributed by atoms with van der Waals surface area (Å²) < 4.78 is 0. The molecule has 1 aliphatic rings. The van der Waals surface area contributed by atoms with Crippen LogP contribution in [-0.2, 0) is 4.79 Å². The summed E-state index contributed by atoms with van der Waals surface area (Å²) in [5.74, 6) is -0.948. The van der Waals surface area contributed by atoms with Crippen LogP contribution in [0.4, 0.5) is 0 Å².